The topological polar surface area (TPSA) is 64.3 Å². The normalized spacial score (nSPS) is 10.8. The van der Waals surface area contributed by atoms with E-state index in [0.29, 0.717) is 22.9 Å². The Kier molecular flexibility index (Phi) is 6.51. The molecule has 0 radical (unpaired) electrons. The van der Waals surface area contributed by atoms with Crippen molar-refractivity contribution in [2.24, 2.45) is 0 Å². The van der Waals surface area contributed by atoms with Gasteiger partial charge in [-0.2, -0.15) is 0 Å². The molecule has 0 saturated carbocycles. The third-order valence-electron chi connectivity index (χ3n) is 2.24. The van der Waals surface area contributed by atoms with Crippen LogP contribution in [0, 0.1) is 0 Å². The first kappa shape index (κ1) is 16.2. The molecule has 3 N–H and O–H groups in total. The van der Waals surface area contributed by atoms with E-state index in [4.69, 9.17) is 10.5 Å². The molecule has 0 aliphatic heterocycles. The average Bonchev–Trinajstić information content (AvgIpc) is 2.65. The maximum Gasteiger partial charge on any atom is 0.263 e. The fourth-order valence-corrected chi connectivity index (χ4v) is 3.66. The monoisotopic (exact) mass is 302 g/mol. The largest absolute Gasteiger partial charge is 0.487 e. The molecular formula is C13H22N2O2S2. The number of carbonyl (C=O) groups is 1. The Balaban J connectivity index is 3.02. The molecule has 108 valence electrons. The lowest BCUT2D eigenvalue weighted by Gasteiger charge is -2.11. The molecule has 0 aliphatic carbocycles. The number of nitrogens with one attached hydrogen (secondary N) is 1. The molecule has 0 bridgehead atoms. The Labute approximate surface area is 123 Å². The molecule has 1 aromatic heterocycles. The molecule has 0 unspecified atom stereocenters. The highest BCUT2D eigenvalue weighted by atomic mass is 32.2. The second-order valence-electron chi connectivity index (χ2n) is 4.32. The van der Waals surface area contributed by atoms with E-state index in [1.54, 1.807) is 11.8 Å². The molecule has 19 heavy (non-hydrogen) atoms. The van der Waals surface area contributed by atoms with Crippen molar-refractivity contribution < 1.29 is 9.53 Å². The average molecular weight is 302 g/mol. The van der Waals surface area contributed by atoms with Gasteiger partial charge < -0.3 is 15.8 Å². The van der Waals surface area contributed by atoms with Crippen LogP contribution in [0.15, 0.2) is 4.21 Å². The first-order valence-corrected chi connectivity index (χ1v) is 8.31. The Morgan fingerprint density at radius 3 is 2.68 bits per heavy atom. The summed E-state index contributed by atoms with van der Waals surface area (Å²) in [4.78, 5) is 12.6. The summed E-state index contributed by atoms with van der Waals surface area (Å²) in [7, 11) is 0. The zero-order chi connectivity index (χ0) is 14.4. The van der Waals surface area contributed by atoms with Crippen molar-refractivity contribution in [3.8, 4) is 5.75 Å². The standard InChI is InChI=1S/C13H22N2O2S2/c1-5-7-15-12(16)11-9(14)10(17-8(3)4)13(19-11)18-6-2/h8H,5-7,14H2,1-4H3,(H,15,16). The van der Waals surface area contributed by atoms with Crippen molar-refractivity contribution in [1.82, 2.24) is 5.32 Å². The van der Waals surface area contributed by atoms with Crippen molar-refractivity contribution >= 4 is 34.7 Å². The van der Waals surface area contributed by atoms with Crippen LogP contribution in [0.3, 0.4) is 0 Å². The summed E-state index contributed by atoms with van der Waals surface area (Å²) in [6.45, 7) is 8.65. The van der Waals surface area contributed by atoms with Gasteiger partial charge in [0.2, 0.25) is 0 Å². The molecule has 1 aromatic rings. The fourth-order valence-electron chi connectivity index (χ4n) is 1.47. The van der Waals surface area contributed by atoms with Gasteiger partial charge in [0.1, 0.15) is 9.09 Å². The molecule has 1 amide bonds. The lowest BCUT2D eigenvalue weighted by Crippen LogP contribution is -2.23. The molecule has 0 fully saturated rings. The number of nitrogen functional groups attached to an aromatic ring is 1. The third-order valence-corrected chi connectivity index (χ3v) is 4.56. The van der Waals surface area contributed by atoms with Gasteiger partial charge in [0, 0.05) is 6.54 Å². The van der Waals surface area contributed by atoms with E-state index in [2.05, 4.69) is 12.2 Å². The number of carbonyl (C=O) groups excluding carboxylic acids is 1. The summed E-state index contributed by atoms with van der Waals surface area (Å²) < 4.78 is 6.73. The first-order chi connectivity index (χ1) is 9.01. The van der Waals surface area contributed by atoms with Crippen LogP contribution in [0.5, 0.6) is 5.75 Å². The highest BCUT2D eigenvalue weighted by Gasteiger charge is 2.22. The van der Waals surface area contributed by atoms with Crippen molar-refractivity contribution in [2.75, 3.05) is 18.0 Å². The summed E-state index contributed by atoms with van der Waals surface area (Å²) in [5.41, 5.74) is 6.53. The molecular weight excluding hydrogens is 280 g/mol. The van der Waals surface area contributed by atoms with Gasteiger partial charge in [-0.1, -0.05) is 13.8 Å². The minimum absolute atomic E-state index is 0.0414. The van der Waals surface area contributed by atoms with Crippen LogP contribution in [-0.2, 0) is 0 Å². The summed E-state index contributed by atoms with van der Waals surface area (Å²) >= 11 is 3.07. The van der Waals surface area contributed by atoms with Crippen molar-refractivity contribution in [1.29, 1.82) is 0 Å². The number of amides is 1. The summed E-state index contributed by atoms with van der Waals surface area (Å²) in [6.07, 6.45) is 0.947. The Hall–Kier alpha value is -0.880. The Bertz CT molecular complexity index is 431. The summed E-state index contributed by atoms with van der Waals surface area (Å²) in [5, 5.41) is 2.85. The number of thiophene rings is 1. The molecule has 4 nitrogen and oxygen atoms in total. The Morgan fingerprint density at radius 2 is 2.16 bits per heavy atom. The number of anilines is 1. The third kappa shape index (κ3) is 4.31. The van der Waals surface area contributed by atoms with Gasteiger partial charge in [-0.3, -0.25) is 4.79 Å². The van der Waals surface area contributed by atoms with E-state index >= 15 is 0 Å². The quantitative estimate of drug-likeness (QED) is 0.758. The van der Waals surface area contributed by atoms with Gasteiger partial charge in [-0.15, -0.1) is 23.1 Å². The van der Waals surface area contributed by atoms with Crippen molar-refractivity contribution in [2.45, 2.75) is 44.4 Å². The zero-order valence-electron chi connectivity index (χ0n) is 11.9. The van der Waals surface area contributed by atoms with E-state index in [9.17, 15) is 4.79 Å². The van der Waals surface area contributed by atoms with Gasteiger partial charge in [0.15, 0.2) is 5.75 Å². The van der Waals surface area contributed by atoms with Crippen LogP contribution in [0.1, 0.15) is 43.8 Å². The highest BCUT2D eigenvalue weighted by molar-refractivity contribution is 8.01. The number of rotatable bonds is 7. The minimum atomic E-state index is -0.110. The zero-order valence-corrected chi connectivity index (χ0v) is 13.5. The fraction of sp³-hybridized carbons (Fsp3) is 0.615. The number of hydrogen-bond donors (Lipinski definition) is 2. The second-order valence-corrected chi connectivity index (χ2v) is 6.87. The van der Waals surface area contributed by atoms with Gasteiger partial charge in [-0.25, -0.2) is 0 Å². The number of nitrogens with two attached hydrogens (primary N) is 1. The smallest absolute Gasteiger partial charge is 0.263 e. The van der Waals surface area contributed by atoms with Gasteiger partial charge >= 0.3 is 0 Å². The van der Waals surface area contributed by atoms with Crippen LogP contribution in [0.25, 0.3) is 0 Å². The van der Waals surface area contributed by atoms with Crippen LogP contribution in [0.4, 0.5) is 5.69 Å². The molecule has 0 atom stereocenters. The van der Waals surface area contributed by atoms with Gasteiger partial charge in [0.05, 0.1) is 11.8 Å². The van der Waals surface area contributed by atoms with Crippen LogP contribution in [0.2, 0.25) is 0 Å². The van der Waals surface area contributed by atoms with Crippen molar-refractivity contribution in [3.63, 3.8) is 0 Å². The van der Waals surface area contributed by atoms with Crippen LogP contribution < -0.4 is 15.8 Å². The Morgan fingerprint density at radius 1 is 1.47 bits per heavy atom. The van der Waals surface area contributed by atoms with E-state index in [1.807, 2.05) is 20.8 Å². The lowest BCUT2D eigenvalue weighted by molar-refractivity contribution is 0.0958. The number of hydrogen-bond acceptors (Lipinski definition) is 5. The predicted octanol–water partition coefficient (Wildman–Crippen LogP) is 3.37. The SMILES string of the molecule is CCCNC(=O)c1sc(SCC)c(OC(C)C)c1N. The highest BCUT2D eigenvalue weighted by Crippen LogP contribution is 2.44. The van der Waals surface area contributed by atoms with E-state index in [1.165, 1.54) is 11.3 Å². The van der Waals surface area contributed by atoms with E-state index < -0.39 is 0 Å². The van der Waals surface area contributed by atoms with Crippen LogP contribution >= 0.6 is 23.1 Å². The van der Waals surface area contributed by atoms with E-state index in [0.717, 1.165) is 16.4 Å². The van der Waals surface area contributed by atoms with Crippen LogP contribution in [-0.4, -0.2) is 24.3 Å². The molecule has 6 heteroatoms. The lowest BCUT2D eigenvalue weighted by atomic mass is 10.3. The summed E-state index contributed by atoms with van der Waals surface area (Å²) in [6, 6.07) is 0. The maximum atomic E-state index is 12.0. The molecule has 1 rings (SSSR count). The number of ether oxygens (including phenoxy) is 1. The molecule has 0 aliphatic rings. The molecule has 0 aromatic carbocycles. The molecule has 1 heterocycles. The first-order valence-electron chi connectivity index (χ1n) is 6.51. The molecule has 0 saturated heterocycles. The van der Waals surface area contributed by atoms with Gasteiger partial charge in [0.25, 0.3) is 5.91 Å². The second kappa shape index (κ2) is 7.65. The maximum absolute atomic E-state index is 12.0. The van der Waals surface area contributed by atoms with Crippen molar-refractivity contribution in [3.05, 3.63) is 4.88 Å². The summed E-state index contributed by atoms with van der Waals surface area (Å²) in [5.74, 6) is 1.47. The number of thioether (sulfide) groups is 1. The molecule has 0 spiro atoms. The van der Waals surface area contributed by atoms with E-state index in [-0.39, 0.29) is 12.0 Å². The predicted molar refractivity (Wildman–Crippen MR) is 83.5 cm³/mol. The minimum Gasteiger partial charge on any atom is -0.487 e. The van der Waals surface area contributed by atoms with Gasteiger partial charge in [-0.05, 0) is 26.0 Å².